The first-order valence-corrected chi connectivity index (χ1v) is 6.02. The molecule has 0 radical (unpaired) electrons. The van der Waals surface area contributed by atoms with Crippen LogP contribution in [-0.4, -0.2) is 21.8 Å². The number of rotatable bonds is 2. The molecule has 1 amide bonds. The van der Waals surface area contributed by atoms with Crippen LogP contribution in [0.2, 0.25) is 0 Å². The molecule has 1 aromatic heterocycles. The predicted octanol–water partition coefficient (Wildman–Crippen LogP) is 2.98. The van der Waals surface area contributed by atoms with Gasteiger partial charge in [-0.05, 0) is 32.9 Å². The Balaban J connectivity index is 2.55. The van der Waals surface area contributed by atoms with Crippen LogP contribution in [0.25, 0.3) is 11.1 Å². The summed E-state index contributed by atoms with van der Waals surface area (Å²) in [4.78, 5) is 16.0. The van der Waals surface area contributed by atoms with Crippen LogP contribution in [-0.2, 0) is 11.3 Å². The number of amides is 1. The molecule has 0 aliphatic carbocycles. The molecule has 2 rings (SSSR count). The van der Waals surface area contributed by atoms with E-state index in [0.29, 0.717) is 0 Å². The molecule has 0 aliphatic rings. The van der Waals surface area contributed by atoms with Crippen LogP contribution >= 0.6 is 0 Å². The molecule has 0 aliphatic heterocycles. The van der Waals surface area contributed by atoms with E-state index in [0.717, 1.165) is 0 Å². The first-order valence-electron chi connectivity index (χ1n) is 7.52. The maximum absolute atomic E-state index is 11.9. The smallest absolute Gasteiger partial charge is 0.412 e. The quantitative estimate of drug-likeness (QED) is 0.884. The van der Waals surface area contributed by atoms with Crippen LogP contribution in [0.15, 0.2) is 16.5 Å². The number of carbonyl (C=O) groups is 1. The number of carbonyl (C=O) groups excluding carboxylic acids is 1. The topological polar surface area (TPSA) is 84.6 Å². The van der Waals surface area contributed by atoms with Crippen molar-refractivity contribution in [3.05, 3.63) is 23.6 Å². The summed E-state index contributed by atoms with van der Waals surface area (Å²) >= 11 is 0. The zero-order chi connectivity index (χ0) is 17.6. The predicted molar refractivity (Wildman–Crippen MR) is 74.5 cm³/mol. The number of hydrogen-bond donors (Lipinski definition) is 2. The van der Waals surface area contributed by atoms with E-state index in [1.165, 1.54) is 6.07 Å². The molecule has 0 bridgehead atoms. The maximum atomic E-state index is 11.9. The number of ether oxygens (including phenoxy) is 1. The van der Waals surface area contributed by atoms with Crippen LogP contribution in [0, 0.1) is 6.92 Å². The Bertz CT molecular complexity index is 760. The van der Waals surface area contributed by atoms with E-state index in [2.05, 4.69) is 10.3 Å². The molecule has 1 heterocycles. The summed E-state index contributed by atoms with van der Waals surface area (Å²) in [5.74, 6) is 0.285. The second kappa shape index (κ2) is 5.13. The van der Waals surface area contributed by atoms with E-state index in [9.17, 15) is 9.90 Å². The summed E-state index contributed by atoms with van der Waals surface area (Å²) in [5.41, 5.74) is -0.970. The largest absolute Gasteiger partial charge is 0.444 e. The average molecular weight is 282 g/mol. The van der Waals surface area contributed by atoms with E-state index in [-0.39, 0.29) is 28.7 Å². The molecule has 6 heteroatoms. The molecule has 108 valence electrons. The zero-order valence-electron chi connectivity index (χ0n) is 14.7. The fourth-order valence-electron chi connectivity index (χ4n) is 1.62. The van der Waals surface area contributed by atoms with Gasteiger partial charge in [-0.2, -0.15) is 0 Å². The SMILES string of the molecule is [2H]C([2H])(O)c1c(NC(=O)OC(C)(C)C)cc2nc(C)oc2c1[3H]. The van der Waals surface area contributed by atoms with Crippen molar-refractivity contribution in [3.8, 4) is 0 Å². The zero-order valence-corrected chi connectivity index (χ0v) is 11.7. The monoisotopic (exact) mass is 282 g/mol. The van der Waals surface area contributed by atoms with E-state index < -0.39 is 23.8 Å². The van der Waals surface area contributed by atoms with Gasteiger partial charge in [-0.25, -0.2) is 9.78 Å². The van der Waals surface area contributed by atoms with Crippen molar-refractivity contribution in [2.45, 2.75) is 39.9 Å². The molecule has 0 saturated carbocycles. The molecular weight excluding hydrogens is 260 g/mol. The van der Waals surface area contributed by atoms with Gasteiger partial charge in [0.1, 0.15) is 11.1 Å². The summed E-state index contributed by atoms with van der Waals surface area (Å²) in [6.45, 7) is 3.76. The van der Waals surface area contributed by atoms with Gasteiger partial charge >= 0.3 is 6.09 Å². The molecule has 20 heavy (non-hydrogen) atoms. The Morgan fingerprint density at radius 2 is 2.40 bits per heavy atom. The molecule has 0 saturated heterocycles. The minimum absolute atomic E-state index is 0.0326. The van der Waals surface area contributed by atoms with Crippen LogP contribution < -0.4 is 5.32 Å². The highest BCUT2D eigenvalue weighted by atomic mass is 16.6. The Morgan fingerprint density at radius 1 is 1.70 bits per heavy atom. The Hall–Kier alpha value is -2.08. The molecule has 1 aromatic carbocycles. The van der Waals surface area contributed by atoms with Gasteiger partial charge in [0.05, 0.1) is 16.4 Å². The maximum Gasteiger partial charge on any atom is 0.412 e. The van der Waals surface area contributed by atoms with E-state index in [1.807, 2.05) is 0 Å². The minimum atomic E-state index is -2.85. The number of anilines is 1. The molecule has 2 N–H and O–H groups in total. The normalized spacial score (nSPS) is 14.6. The number of nitrogens with one attached hydrogen (secondary N) is 1. The van der Waals surface area contributed by atoms with E-state index >= 15 is 0 Å². The number of aliphatic hydroxyl groups is 1. The van der Waals surface area contributed by atoms with Crippen molar-refractivity contribution in [2.75, 3.05) is 5.32 Å². The Labute approximate surface area is 121 Å². The summed E-state index contributed by atoms with van der Waals surface area (Å²) in [7, 11) is 0. The van der Waals surface area contributed by atoms with Gasteiger partial charge < -0.3 is 14.3 Å². The highest BCUT2D eigenvalue weighted by Gasteiger charge is 2.18. The third-order valence-electron chi connectivity index (χ3n) is 2.30. The fraction of sp³-hybridized carbons (Fsp3) is 0.429. The first kappa shape index (κ1) is 10.7. The van der Waals surface area contributed by atoms with Crippen molar-refractivity contribution in [2.24, 2.45) is 0 Å². The highest BCUT2D eigenvalue weighted by molar-refractivity contribution is 5.90. The van der Waals surface area contributed by atoms with Crippen LogP contribution in [0.4, 0.5) is 10.5 Å². The number of oxazole rings is 1. The molecule has 0 unspecified atom stereocenters. The minimum Gasteiger partial charge on any atom is -0.444 e. The highest BCUT2D eigenvalue weighted by Crippen LogP contribution is 2.25. The Kier molecular flexibility index (Phi) is 2.74. The van der Waals surface area contributed by atoms with Gasteiger partial charge in [-0.1, -0.05) is 0 Å². The van der Waals surface area contributed by atoms with Crippen molar-refractivity contribution >= 4 is 22.9 Å². The van der Waals surface area contributed by atoms with Crippen LogP contribution in [0.5, 0.6) is 0 Å². The van der Waals surface area contributed by atoms with Crippen LogP contribution in [0.3, 0.4) is 0 Å². The van der Waals surface area contributed by atoms with Gasteiger partial charge in [0, 0.05) is 12.5 Å². The van der Waals surface area contributed by atoms with Crippen molar-refractivity contribution < 1.29 is 23.2 Å². The molecular formula is C14H18N2O4. The summed E-state index contributed by atoms with van der Waals surface area (Å²) in [6, 6.07) is 0.943. The first-order chi connectivity index (χ1) is 10.4. The van der Waals surface area contributed by atoms with Gasteiger partial charge in [0.15, 0.2) is 11.5 Å². The second-order valence-corrected chi connectivity index (χ2v) is 5.24. The third kappa shape index (κ3) is 3.27. The van der Waals surface area contributed by atoms with E-state index in [4.69, 9.17) is 13.3 Å². The molecule has 6 nitrogen and oxygen atoms in total. The molecule has 0 spiro atoms. The number of nitrogens with zero attached hydrogens (tertiary/aromatic N) is 1. The fourth-order valence-corrected chi connectivity index (χ4v) is 1.62. The number of aryl methyl sites for hydroxylation is 1. The number of aromatic nitrogens is 1. The van der Waals surface area contributed by atoms with Gasteiger partial charge in [0.25, 0.3) is 0 Å². The third-order valence-corrected chi connectivity index (χ3v) is 2.30. The van der Waals surface area contributed by atoms with Crippen molar-refractivity contribution in [1.29, 1.82) is 0 Å². The van der Waals surface area contributed by atoms with Crippen molar-refractivity contribution in [3.63, 3.8) is 0 Å². The van der Waals surface area contributed by atoms with Crippen molar-refractivity contribution in [1.82, 2.24) is 4.98 Å². The van der Waals surface area contributed by atoms with E-state index in [1.54, 1.807) is 27.7 Å². The molecule has 2 aromatic rings. The summed E-state index contributed by atoms with van der Waals surface area (Å²) in [5, 5.41) is 12.1. The Morgan fingerprint density at radius 3 is 3.00 bits per heavy atom. The molecule has 0 atom stereocenters. The molecule has 0 fully saturated rings. The summed E-state index contributed by atoms with van der Waals surface area (Å²) in [6.07, 6.45) is -0.832. The lowest BCUT2D eigenvalue weighted by Gasteiger charge is -2.20. The number of benzene rings is 1. The lowest BCUT2D eigenvalue weighted by atomic mass is 10.1. The summed E-state index contributed by atoms with van der Waals surface area (Å²) < 4.78 is 33.4. The lowest BCUT2D eigenvalue weighted by Crippen LogP contribution is -2.27. The lowest BCUT2D eigenvalue weighted by molar-refractivity contribution is 0.0635. The second-order valence-electron chi connectivity index (χ2n) is 5.24. The number of hydrogen-bond acceptors (Lipinski definition) is 5. The van der Waals surface area contributed by atoms with Crippen LogP contribution in [0.1, 0.15) is 36.3 Å². The van der Waals surface area contributed by atoms with Gasteiger partial charge in [0.2, 0.25) is 0 Å². The average Bonchev–Trinajstić information content (AvgIpc) is 2.65. The standard InChI is InChI=1S/C14H18N2O4/c1-8-15-11-6-10(9(7-17)5-12(11)19-8)16-13(18)20-14(2,3)4/h5-6,17H,7H2,1-4H3,(H,16,18)/i5T,7D2. The number of fused-ring (bicyclic) bond motifs is 1. The van der Waals surface area contributed by atoms with Gasteiger partial charge in [-0.15, -0.1) is 0 Å². The van der Waals surface area contributed by atoms with Gasteiger partial charge in [-0.3, -0.25) is 5.32 Å².